The molecule has 6 nitrogen and oxygen atoms in total. The molecule has 0 aliphatic heterocycles. The highest BCUT2D eigenvalue weighted by Crippen LogP contribution is 2.32. The first-order chi connectivity index (χ1) is 11.0. The third-order valence-corrected chi connectivity index (χ3v) is 5.41. The van der Waals surface area contributed by atoms with Crippen molar-refractivity contribution >= 4 is 39.8 Å². The van der Waals surface area contributed by atoms with E-state index in [1.54, 1.807) is 10.6 Å². The molecule has 122 valence electrons. The van der Waals surface area contributed by atoms with E-state index >= 15 is 0 Å². The van der Waals surface area contributed by atoms with Crippen molar-refractivity contribution in [1.29, 1.82) is 0 Å². The SMILES string of the molecule is C=CCn1c(=S)sc2c(=O)n(CC(=O)NC(C)C3CC3)cnc21. The summed E-state index contributed by atoms with van der Waals surface area (Å²) >= 11 is 6.49. The first-order valence-electron chi connectivity index (χ1n) is 7.50. The summed E-state index contributed by atoms with van der Waals surface area (Å²) < 4.78 is 4.15. The smallest absolute Gasteiger partial charge is 0.273 e. The monoisotopic (exact) mass is 350 g/mol. The highest BCUT2D eigenvalue weighted by molar-refractivity contribution is 7.73. The fraction of sp³-hybridized carbons (Fsp3) is 0.467. The minimum atomic E-state index is -0.233. The molecule has 0 aromatic carbocycles. The molecule has 0 saturated heterocycles. The lowest BCUT2D eigenvalue weighted by Crippen LogP contribution is -2.38. The van der Waals surface area contributed by atoms with E-state index in [1.807, 2.05) is 6.92 Å². The predicted octanol–water partition coefficient (Wildman–Crippen LogP) is 2.09. The van der Waals surface area contributed by atoms with Crippen LogP contribution in [0.15, 0.2) is 23.8 Å². The van der Waals surface area contributed by atoms with Crippen molar-refractivity contribution < 1.29 is 4.79 Å². The summed E-state index contributed by atoms with van der Waals surface area (Å²) in [5.41, 5.74) is 0.316. The van der Waals surface area contributed by atoms with Crippen molar-refractivity contribution in [1.82, 2.24) is 19.4 Å². The van der Waals surface area contributed by atoms with E-state index in [9.17, 15) is 9.59 Å². The molecule has 2 heterocycles. The maximum absolute atomic E-state index is 12.5. The molecule has 1 aliphatic carbocycles. The average Bonchev–Trinajstić information content (AvgIpc) is 3.30. The Kier molecular flexibility index (Phi) is 4.45. The summed E-state index contributed by atoms with van der Waals surface area (Å²) in [4.78, 5) is 28.9. The Bertz CT molecular complexity index is 876. The summed E-state index contributed by atoms with van der Waals surface area (Å²) in [6, 6.07) is 0.158. The fourth-order valence-electron chi connectivity index (χ4n) is 2.54. The number of nitrogens with zero attached hydrogens (tertiary/aromatic N) is 3. The van der Waals surface area contributed by atoms with Crippen LogP contribution in [0.2, 0.25) is 0 Å². The van der Waals surface area contributed by atoms with Crippen LogP contribution in [0, 0.1) is 9.87 Å². The van der Waals surface area contributed by atoms with E-state index in [1.165, 1.54) is 22.2 Å². The first kappa shape index (κ1) is 16.1. The fourth-order valence-corrected chi connectivity index (χ4v) is 3.86. The van der Waals surface area contributed by atoms with Crippen LogP contribution in [0.25, 0.3) is 10.3 Å². The quantitative estimate of drug-likeness (QED) is 0.640. The number of aromatic nitrogens is 3. The second-order valence-corrected chi connectivity index (χ2v) is 7.44. The van der Waals surface area contributed by atoms with E-state index in [2.05, 4.69) is 16.9 Å². The predicted molar refractivity (Wildman–Crippen MR) is 93.2 cm³/mol. The minimum Gasteiger partial charge on any atom is -0.352 e. The number of rotatable bonds is 6. The van der Waals surface area contributed by atoms with Crippen LogP contribution in [0.1, 0.15) is 19.8 Å². The van der Waals surface area contributed by atoms with Gasteiger partial charge in [-0.2, -0.15) is 0 Å². The number of hydrogen-bond donors (Lipinski definition) is 1. The lowest BCUT2D eigenvalue weighted by Gasteiger charge is -2.13. The van der Waals surface area contributed by atoms with Crippen LogP contribution in [0.5, 0.6) is 0 Å². The Balaban J connectivity index is 1.85. The Hall–Kier alpha value is -1.80. The number of nitrogens with one attached hydrogen (secondary N) is 1. The lowest BCUT2D eigenvalue weighted by atomic mass is 10.2. The molecule has 3 rings (SSSR count). The van der Waals surface area contributed by atoms with Crippen LogP contribution < -0.4 is 10.9 Å². The molecular weight excluding hydrogens is 332 g/mol. The number of allylic oxidation sites excluding steroid dienone is 1. The largest absolute Gasteiger partial charge is 0.352 e. The first-order valence-corrected chi connectivity index (χ1v) is 8.72. The molecule has 1 N–H and O–H groups in total. The van der Waals surface area contributed by atoms with Crippen LogP contribution in [0.3, 0.4) is 0 Å². The third kappa shape index (κ3) is 3.28. The number of hydrogen-bond acceptors (Lipinski definition) is 5. The van der Waals surface area contributed by atoms with Gasteiger partial charge in [0.05, 0.1) is 0 Å². The van der Waals surface area contributed by atoms with Crippen molar-refractivity contribution in [2.75, 3.05) is 0 Å². The van der Waals surface area contributed by atoms with Gasteiger partial charge in [0.25, 0.3) is 5.56 Å². The van der Waals surface area contributed by atoms with Crippen LogP contribution >= 0.6 is 23.6 Å². The molecule has 2 aromatic heterocycles. The molecule has 0 bridgehead atoms. The molecule has 0 spiro atoms. The van der Waals surface area contributed by atoms with Gasteiger partial charge in [-0.3, -0.25) is 14.2 Å². The van der Waals surface area contributed by atoms with Gasteiger partial charge in [0.1, 0.15) is 17.6 Å². The lowest BCUT2D eigenvalue weighted by molar-refractivity contribution is -0.122. The molecule has 2 aromatic rings. The number of thiazole rings is 1. The van der Waals surface area contributed by atoms with E-state index < -0.39 is 0 Å². The van der Waals surface area contributed by atoms with E-state index in [-0.39, 0.29) is 24.1 Å². The highest BCUT2D eigenvalue weighted by Gasteiger charge is 2.28. The van der Waals surface area contributed by atoms with Gasteiger partial charge in [0.2, 0.25) is 5.91 Å². The zero-order valence-electron chi connectivity index (χ0n) is 12.8. The molecule has 1 saturated carbocycles. The van der Waals surface area contributed by atoms with Gasteiger partial charge in [-0.05, 0) is 37.9 Å². The minimum absolute atomic E-state index is 0.0229. The molecule has 1 unspecified atom stereocenters. The number of amides is 1. The molecular formula is C15H18N4O2S2. The van der Waals surface area contributed by atoms with Crippen molar-refractivity contribution in [3.05, 3.63) is 33.3 Å². The summed E-state index contributed by atoms with van der Waals surface area (Å²) in [6.07, 6.45) is 5.44. The van der Waals surface area contributed by atoms with Gasteiger partial charge < -0.3 is 9.88 Å². The van der Waals surface area contributed by atoms with Crippen LogP contribution in [-0.2, 0) is 17.9 Å². The van der Waals surface area contributed by atoms with E-state index in [0.29, 0.717) is 26.8 Å². The summed E-state index contributed by atoms with van der Waals surface area (Å²) in [7, 11) is 0. The van der Waals surface area contributed by atoms with Crippen LogP contribution in [-0.4, -0.2) is 26.1 Å². The highest BCUT2D eigenvalue weighted by atomic mass is 32.1. The van der Waals surface area contributed by atoms with Crippen molar-refractivity contribution in [3.8, 4) is 0 Å². The standard InChI is InChI=1S/C15H18N4O2S2/c1-3-6-19-13-12(23-15(19)22)14(21)18(8-16-13)7-11(20)17-9(2)10-4-5-10/h3,8-10H,1,4-7H2,2H3,(H,17,20). The average molecular weight is 350 g/mol. The summed E-state index contributed by atoms with van der Waals surface area (Å²) in [6.45, 7) is 6.17. The maximum atomic E-state index is 12.5. The molecule has 1 amide bonds. The second-order valence-electron chi connectivity index (χ2n) is 5.79. The van der Waals surface area contributed by atoms with Gasteiger partial charge in [-0.15, -0.1) is 6.58 Å². The van der Waals surface area contributed by atoms with E-state index in [4.69, 9.17) is 12.2 Å². The van der Waals surface area contributed by atoms with Gasteiger partial charge in [0, 0.05) is 12.6 Å². The number of fused-ring (bicyclic) bond motifs is 1. The van der Waals surface area contributed by atoms with Crippen molar-refractivity contribution in [3.63, 3.8) is 0 Å². The molecule has 8 heteroatoms. The third-order valence-electron chi connectivity index (χ3n) is 3.99. The van der Waals surface area contributed by atoms with E-state index in [0.717, 1.165) is 12.8 Å². The number of carbonyl (C=O) groups is 1. The Morgan fingerprint density at radius 2 is 2.39 bits per heavy atom. The Labute approximate surface area is 142 Å². The zero-order valence-corrected chi connectivity index (χ0v) is 14.5. The summed E-state index contributed by atoms with van der Waals surface area (Å²) in [5, 5.41) is 2.94. The zero-order chi connectivity index (χ0) is 16.6. The normalized spacial score (nSPS) is 15.5. The van der Waals surface area contributed by atoms with Gasteiger partial charge in [0.15, 0.2) is 9.60 Å². The number of carbonyl (C=O) groups excluding carboxylic acids is 1. The topological polar surface area (TPSA) is 68.9 Å². The molecule has 1 aliphatic rings. The van der Waals surface area contributed by atoms with Crippen molar-refractivity contribution in [2.45, 2.75) is 38.9 Å². The Morgan fingerprint density at radius 3 is 3.04 bits per heavy atom. The maximum Gasteiger partial charge on any atom is 0.273 e. The second kappa shape index (κ2) is 6.37. The Morgan fingerprint density at radius 1 is 1.65 bits per heavy atom. The van der Waals surface area contributed by atoms with Gasteiger partial charge >= 0.3 is 0 Å². The molecule has 1 fully saturated rings. The molecule has 23 heavy (non-hydrogen) atoms. The summed E-state index contributed by atoms with van der Waals surface area (Å²) in [5.74, 6) is 0.413. The molecule has 0 radical (unpaired) electrons. The van der Waals surface area contributed by atoms with Gasteiger partial charge in [-0.1, -0.05) is 17.4 Å². The molecule has 1 atom stereocenters. The van der Waals surface area contributed by atoms with Crippen molar-refractivity contribution in [2.24, 2.45) is 5.92 Å². The van der Waals surface area contributed by atoms with Gasteiger partial charge in [-0.25, -0.2) is 4.98 Å². The van der Waals surface area contributed by atoms with Crippen LogP contribution in [0.4, 0.5) is 0 Å².